The number of pyridine rings is 1. The summed E-state index contributed by atoms with van der Waals surface area (Å²) in [5, 5.41) is 0. The molecule has 2 aromatic heterocycles. The molecule has 1 aliphatic rings. The van der Waals surface area contributed by atoms with Crippen molar-refractivity contribution in [1.29, 1.82) is 0 Å². The molecule has 3 aromatic carbocycles. The van der Waals surface area contributed by atoms with Crippen LogP contribution in [0.2, 0.25) is 0 Å². The molecule has 0 radical (unpaired) electrons. The monoisotopic (exact) mass is 536 g/mol. The Morgan fingerprint density at radius 3 is 2.28 bits per heavy atom. The highest BCUT2D eigenvalue weighted by atomic mass is 32.2. The number of fused-ring (bicyclic) bond motifs is 1. The average molecular weight is 537 g/mol. The molecule has 0 aliphatic carbocycles. The van der Waals surface area contributed by atoms with Crippen LogP contribution in [0.15, 0.2) is 108 Å². The van der Waals surface area contributed by atoms with Crippen LogP contribution in [-0.2, 0) is 16.6 Å². The van der Waals surface area contributed by atoms with E-state index in [1.165, 1.54) is 5.56 Å². The highest BCUT2D eigenvalue weighted by Gasteiger charge is 2.19. The lowest BCUT2D eigenvalue weighted by atomic mass is 10.0. The molecular weight excluding hydrogens is 508 g/mol. The third-order valence-electron chi connectivity index (χ3n) is 6.88. The van der Waals surface area contributed by atoms with Gasteiger partial charge in [0.1, 0.15) is 5.82 Å². The number of sulfonamides is 1. The molecule has 0 bridgehead atoms. The molecule has 1 aliphatic heterocycles. The number of nitrogens with zero attached hydrogens (tertiary/aromatic N) is 5. The minimum atomic E-state index is -3.63. The lowest BCUT2D eigenvalue weighted by molar-refractivity contribution is 0.249. The van der Waals surface area contributed by atoms with Gasteiger partial charge in [-0.05, 0) is 59.2 Å². The fraction of sp³-hybridized carbons (Fsp3) is 0.167. The molecule has 1 saturated heterocycles. The lowest BCUT2D eigenvalue weighted by Gasteiger charge is -2.35. The Kier molecular flexibility index (Phi) is 6.91. The molecule has 8 nitrogen and oxygen atoms in total. The highest BCUT2D eigenvalue weighted by Crippen LogP contribution is 2.26. The summed E-state index contributed by atoms with van der Waals surface area (Å²) in [7, 11) is -3.63. The molecule has 0 saturated carbocycles. The van der Waals surface area contributed by atoms with Crippen molar-refractivity contribution in [2.45, 2.75) is 11.4 Å². The van der Waals surface area contributed by atoms with Crippen LogP contribution in [-0.4, -0.2) is 54.4 Å². The molecule has 0 amide bonds. The van der Waals surface area contributed by atoms with Gasteiger partial charge < -0.3 is 4.90 Å². The summed E-state index contributed by atoms with van der Waals surface area (Å²) in [6.45, 7) is 4.59. The molecule has 1 N–H and O–H groups in total. The van der Waals surface area contributed by atoms with Crippen molar-refractivity contribution < 1.29 is 8.42 Å². The second-order valence-corrected chi connectivity index (χ2v) is 11.2. The maximum Gasteiger partial charge on any atom is 0.261 e. The van der Waals surface area contributed by atoms with Crippen LogP contribution >= 0.6 is 0 Å². The molecular formula is C30H28N6O2S. The SMILES string of the molecule is O=S(=O)(Nc1ccc(-c2ccc3ncc(N4CCN(Cc5cccnc5)CC4)nc3c2)cc1)c1ccccc1. The van der Waals surface area contributed by atoms with Crippen LogP contribution < -0.4 is 9.62 Å². The molecule has 0 atom stereocenters. The Morgan fingerprint density at radius 2 is 1.54 bits per heavy atom. The summed E-state index contributed by atoms with van der Waals surface area (Å²) >= 11 is 0. The Balaban J connectivity index is 1.15. The number of aromatic nitrogens is 3. The zero-order chi connectivity index (χ0) is 26.7. The van der Waals surface area contributed by atoms with E-state index in [-0.39, 0.29) is 4.90 Å². The Morgan fingerprint density at radius 1 is 0.769 bits per heavy atom. The van der Waals surface area contributed by atoms with Gasteiger partial charge in [-0.2, -0.15) is 0 Å². The van der Waals surface area contributed by atoms with E-state index in [4.69, 9.17) is 4.98 Å². The van der Waals surface area contributed by atoms with E-state index in [1.54, 1.807) is 48.7 Å². The number of piperazine rings is 1. The fourth-order valence-corrected chi connectivity index (χ4v) is 5.84. The van der Waals surface area contributed by atoms with Crippen LogP contribution in [0.1, 0.15) is 5.56 Å². The third kappa shape index (κ3) is 5.74. The van der Waals surface area contributed by atoms with Gasteiger partial charge in [0.15, 0.2) is 0 Å². The van der Waals surface area contributed by atoms with Gasteiger partial charge in [-0.3, -0.25) is 19.6 Å². The molecule has 3 heterocycles. The zero-order valence-electron chi connectivity index (χ0n) is 21.3. The summed E-state index contributed by atoms with van der Waals surface area (Å²) in [6, 6.07) is 25.8. The van der Waals surface area contributed by atoms with E-state index in [2.05, 4.69) is 30.6 Å². The average Bonchev–Trinajstić information content (AvgIpc) is 2.98. The van der Waals surface area contributed by atoms with Gasteiger partial charge in [-0.1, -0.05) is 42.5 Å². The first kappa shape index (κ1) is 25.0. The van der Waals surface area contributed by atoms with Gasteiger partial charge in [0.25, 0.3) is 10.0 Å². The van der Waals surface area contributed by atoms with Crippen molar-refractivity contribution in [2.24, 2.45) is 0 Å². The number of hydrogen-bond donors (Lipinski definition) is 1. The van der Waals surface area contributed by atoms with E-state index >= 15 is 0 Å². The van der Waals surface area contributed by atoms with Crippen LogP contribution in [0.3, 0.4) is 0 Å². The molecule has 196 valence electrons. The maximum atomic E-state index is 12.6. The first-order valence-corrected chi connectivity index (χ1v) is 14.3. The molecule has 6 rings (SSSR count). The minimum Gasteiger partial charge on any atom is -0.353 e. The Labute approximate surface area is 228 Å². The van der Waals surface area contributed by atoms with Crippen LogP contribution in [0, 0.1) is 0 Å². The smallest absolute Gasteiger partial charge is 0.261 e. The van der Waals surface area contributed by atoms with Gasteiger partial charge >= 0.3 is 0 Å². The third-order valence-corrected chi connectivity index (χ3v) is 8.28. The van der Waals surface area contributed by atoms with Crippen molar-refractivity contribution in [3.8, 4) is 11.1 Å². The fourth-order valence-electron chi connectivity index (χ4n) is 4.76. The summed E-state index contributed by atoms with van der Waals surface area (Å²) in [5.41, 5.74) is 5.36. The lowest BCUT2D eigenvalue weighted by Crippen LogP contribution is -2.46. The summed E-state index contributed by atoms with van der Waals surface area (Å²) < 4.78 is 27.9. The summed E-state index contributed by atoms with van der Waals surface area (Å²) in [4.78, 5) is 18.8. The zero-order valence-corrected chi connectivity index (χ0v) is 22.1. The van der Waals surface area contributed by atoms with Crippen molar-refractivity contribution in [3.63, 3.8) is 0 Å². The van der Waals surface area contributed by atoms with Crippen LogP contribution in [0.4, 0.5) is 11.5 Å². The summed E-state index contributed by atoms with van der Waals surface area (Å²) in [6.07, 6.45) is 5.58. The molecule has 0 spiro atoms. The number of hydrogen-bond acceptors (Lipinski definition) is 7. The number of anilines is 2. The van der Waals surface area contributed by atoms with E-state index in [0.29, 0.717) is 5.69 Å². The van der Waals surface area contributed by atoms with E-state index in [0.717, 1.165) is 60.7 Å². The quantitative estimate of drug-likeness (QED) is 0.319. The number of benzene rings is 3. The molecule has 0 unspecified atom stereocenters. The van der Waals surface area contributed by atoms with Crippen LogP contribution in [0.25, 0.3) is 22.2 Å². The van der Waals surface area contributed by atoms with Crippen LogP contribution in [0.5, 0.6) is 0 Å². The van der Waals surface area contributed by atoms with Gasteiger partial charge in [0.05, 0.1) is 22.1 Å². The first-order valence-electron chi connectivity index (χ1n) is 12.8. The van der Waals surface area contributed by atoms with E-state index < -0.39 is 10.0 Å². The molecule has 9 heteroatoms. The van der Waals surface area contributed by atoms with E-state index in [9.17, 15) is 8.42 Å². The normalized spacial score (nSPS) is 14.4. The van der Waals surface area contributed by atoms with Gasteiger partial charge in [-0.15, -0.1) is 0 Å². The number of nitrogens with one attached hydrogen (secondary N) is 1. The van der Waals surface area contributed by atoms with Gasteiger partial charge in [0.2, 0.25) is 0 Å². The minimum absolute atomic E-state index is 0.230. The maximum absolute atomic E-state index is 12.6. The second-order valence-electron chi connectivity index (χ2n) is 9.55. The first-order chi connectivity index (χ1) is 19.0. The van der Waals surface area contributed by atoms with Crippen molar-refractivity contribution in [2.75, 3.05) is 35.8 Å². The molecule has 39 heavy (non-hydrogen) atoms. The largest absolute Gasteiger partial charge is 0.353 e. The number of rotatable bonds is 7. The highest BCUT2D eigenvalue weighted by molar-refractivity contribution is 7.92. The standard InChI is InChI=1S/C30H28N6O2S/c37-39(38,27-6-2-1-3-7-27)34-26-11-8-24(9-12-26)25-10-13-28-29(19-25)33-30(21-32-28)36-17-15-35(16-18-36)22-23-5-4-14-31-20-23/h1-14,19-21,34H,15-18,22H2. The summed E-state index contributed by atoms with van der Waals surface area (Å²) in [5.74, 6) is 0.881. The van der Waals surface area contributed by atoms with E-state index in [1.807, 2.05) is 48.8 Å². The predicted molar refractivity (Wildman–Crippen MR) is 154 cm³/mol. The predicted octanol–water partition coefficient (Wildman–Crippen LogP) is 4.81. The van der Waals surface area contributed by atoms with Crippen molar-refractivity contribution in [3.05, 3.63) is 109 Å². The van der Waals surface area contributed by atoms with Crippen molar-refractivity contribution in [1.82, 2.24) is 19.9 Å². The molecule has 5 aromatic rings. The van der Waals surface area contributed by atoms with Gasteiger partial charge in [0, 0.05) is 50.8 Å². The second kappa shape index (κ2) is 10.8. The molecule has 1 fully saturated rings. The van der Waals surface area contributed by atoms with Gasteiger partial charge in [-0.25, -0.2) is 13.4 Å². The topological polar surface area (TPSA) is 91.3 Å². The Bertz CT molecular complexity index is 1670. The Hall–Kier alpha value is -4.34. The van der Waals surface area contributed by atoms with Crippen molar-refractivity contribution >= 4 is 32.6 Å².